The first-order valence-electron chi connectivity index (χ1n) is 5.74. The van der Waals surface area contributed by atoms with Crippen molar-refractivity contribution >= 4 is 6.09 Å². The van der Waals surface area contributed by atoms with Gasteiger partial charge in [0.1, 0.15) is 5.60 Å². The van der Waals surface area contributed by atoms with E-state index in [-0.39, 0.29) is 17.1 Å². The van der Waals surface area contributed by atoms with Crippen LogP contribution in [-0.2, 0) is 4.74 Å². The first-order chi connectivity index (χ1) is 6.76. The maximum Gasteiger partial charge on any atom is 0.410 e. The lowest BCUT2D eigenvalue weighted by atomic mass is 9.87. The van der Waals surface area contributed by atoms with E-state index in [0.29, 0.717) is 0 Å². The van der Waals surface area contributed by atoms with Crippen LogP contribution in [0.1, 0.15) is 47.5 Å². The number of carbonyl (C=O) groups is 1. The highest BCUT2D eigenvalue weighted by Crippen LogP contribution is 2.33. The SMILES string of the molecule is CC[C@]1(C)CCN(C(=O)OC(C)(C)C)C1. The Balaban J connectivity index is 2.51. The minimum absolute atomic E-state index is 0.167. The Morgan fingerprint density at radius 3 is 2.47 bits per heavy atom. The van der Waals surface area contributed by atoms with Gasteiger partial charge in [0.2, 0.25) is 0 Å². The molecule has 1 atom stereocenters. The summed E-state index contributed by atoms with van der Waals surface area (Å²) in [5, 5.41) is 0. The average Bonchev–Trinajstić information content (AvgIpc) is 2.46. The second kappa shape index (κ2) is 4.03. The second-order valence-corrected chi connectivity index (χ2v) is 5.82. The number of nitrogens with zero attached hydrogens (tertiary/aromatic N) is 1. The van der Waals surface area contributed by atoms with Gasteiger partial charge < -0.3 is 9.64 Å². The normalized spacial score (nSPS) is 26.9. The molecule has 0 radical (unpaired) electrons. The van der Waals surface area contributed by atoms with Gasteiger partial charge in [0.25, 0.3) is 0 Å². The number of hydrogen-bond donors (Lipinski definition) is 0. The molecule has 1 heterocycles. The molecule has 1 fully saturated rings. The Morgan fingerprint density at radius 2 is 2.07 bits per heavy atom. The molecule has 0 unspecified atom stereocenters. The molecule has 3 heteroatoms. The van der Waals surface area contributed by atoms with Gasteiger partial charge in [-0.25, -0.2) is 4.79 Å². The molecule has 1 rings (SSSR count). The van der Waals surface area contributed by atoms with Crippen molar-refractivity contribution in [2.75, 3.05) is 13.1 Å². The lowest BCUT2D eigenvalue weighted by Crippen LogP contribution is -2.36. The molecule has 0 N–H and O–H groups in total. The lowest BCUT2D eigenvalue weighted by molar-refractivity contribution is 0.0275. The quantitative estimate of drug-likeness (QED) is 0.670. The fraction of sp³-hybridized carbons (Fsp3) is 0.917. The third kappa shape index (κ3) is 3.40. The molecule has 1 saturated heterocycles. The maximum absolute atomic E-state index is 11.8. The van der Waals surface area contributed by atoms with Crippen LogP contribution in [0.25, 0.3) is 0 Å². The van der Waals surface area contributed by atoms with Crippen LogP contribution in [0, 0.1) is 5.41 Å². The zero-order chi connectivity index (χ0) is 11.7. The summed E-state index contributed by atoms with van der Waals surface area (Å²) in [6, 6.07) is 0. The van der Waals surface area contributed by atoms with Crippen molar-refractivity contribution < 1.29 is 9.53 Å². The van der Waals surface area contributed by atoms with Gasteiger partial charge in [0, 0.05) is 13.1 Å². The molecule has 0 spiro atoms. The van der Waals surface area contributed by atoms with Gasteiger partial charge in [-0.1, -0.05) is 13.8 Å². The third-order valence-electron chi connectivity index (χ3n) is 3.06. The highest BCUT2D eigenvalue weighted by Gasteiger charge is 2.36. The fourth-order valence-corrected chi connectivity index (χ4v) is 1.79. The van der Waals surface area contributed by atoms with E-state index in [0.717, 1.165) is 25.9 Å². The van der Waals surface area contributed by atoms with E-state index in [9.17, 15) is 4.79 Å². The van der Waals surface area contributed by atoms with Crippen molar-refractivity contribution in [3.8, 4) is 0 Å². The van der Waals surface area contributed by atoms with E-state index in [2.05, 4.69) is 13.8 Å². The molecular weight excluding hydrogens is 190 g/mol. The van der Waals surface area contributed by atoms with Crippen LogP contribution in [-0.4, -0.2) is 29.7 Å². The Morgan fingerprint density at radius 1 is 1.47 bits per heavy atom. The summed E-state index contributed by atoms with van der Waals surface area (Å²) >= 11 is 0. The Hall–Kier alpha value is -0.730. The van der Waals surface area contributed by atoms with Crippen LogP contribution >= 0.6 is 0 Å². The standard InChI is InChI=1S/C12H23NO2/c1-6-12(5)7-8-13(9-12)10(14)15-11(2,3)4/h6-9H2,1-5H3/t12-/m1/s1. The van der Waals surface area contributed by atoms with Crippen molar-refractivity contribution in [3.63, 3.8) is 0 Å². The molecule has 1 aliphatic rings. The van der Waals surface area contributed by atoms with Crippen LogP contribution < -0.4 is 0 Å². The highest BCUT2D eigenvalue weighted by molar-refractivity contribution is 5.68. The van der Waals surface area contributed by atoms with Crippen molar-refractivity contribution in [2.24, 2.45) is 5.41 Å². The van der Waals surface area contributed by atoms with Gasteiger partial charge in [0.05, 0.1) is 0 Å². The Labute approximate surface area is 92.8 Å². The summed E-state index contributed by atoms with van der Waals surface area (Å²) in [6.07, 6.45) is 2.04. The predicted molar refractivity (Wildman–Crippen MR) is 60.8 cm³/mol. The second-order valence-electron chi connectivity index (χ2n) is 5.82. The van der Waals surface area contributed by atoms with Gasteiger partial charge in [-0.3, -0.25) is 0 Å². The maximum atomic E-state index is 11.8. The molecule has 1 aliphatic heterocycles. The molecule has 3 nitrogen and oxygen atoms in total. The van der Waals surface area contributed by atoms with Crippen LogP contribution in [0.5, 0.6) is 0 Å². The fourth-order valence-electron chi connectivity index (χ4n) is 1.79. The van der Waals surface area contributed by atoms with Gasteiger partial charge in [-0.2, -0.15) is 0 Å². The molecule has 0 saturated carbocycles. The summed E-state index contributed by atoms with van der Waals surface area (Å²) < 4.78 is 5.35. The van der Waals surface area contributed by atoms with E-state index < -0.39 is 0 Å². The molecule has 0 aromatic rings. The minimum atomic E-state index is -0.387. The van der Waals surface area contributed by atoms with Crippen LogP contribution in [0.2, 0.25) is 0 Å². The molecule has 1 amide bonds. The van der Waals surface area contributed by atoms with E-state index in [1.165, 1.54) is 0 Å². The van der Waals surface area contributed by atoms with Crippen molar-refractivity contribution in [1.29, 1.82) is 0 Å². The average molecular weight is 213 g/mol. The van der Waals surface area contributed by atoms with Crippen molar-refractivity contribution in [1.82, 2.24) is 4.90 Å². The molecule has 0 bridgehead atoms. The molecule has 0 aliphatic carbocycles. The largest absolute Gasteiger partial charge is 0.444 e. The van der Waals surface area contributed by atoms with Gasteiger partial charge in [-0.05, 0) is 39.0 Å². The number of hydrogen-bond acceptors (Lipinski definition) is 2. The van der Waals surface area contributed by atoms with E-state index in [4.69, 9.17) is 4.74 Å². The summed E-state index contributed by atoms with van der Waals surface area (Å²) in [7, 11) is 0. The lowest BCUT2D eigenvalue weighted by Gasteiger charge is -2.26. The van der Waals surface area contributed by atoms with Gasteiger partial charge in [-0.15, -0.1) is 0 Å². The topological polar surface area (TPSA) is 29.5 Å². The summed E-state index contributed by atoms with van der Waals surface area (Å²) in [4.78, 5) is 13.6. The van der Waals surface area contributed by atoms with Gasteiger partial charge >= 0.3 is 6.09 Å². The third-order valence-corrected chi connectivity index (χ3v) is 3.06. The molecule has 15 heavy (non-hydrogen) atoms. The Kier molecular flexibility index (Phi) is 3.31. The zero-order valence-corrected chi connectivity index (χ0v) is 10.6. The van der Waals surface area contributed by atoms with E-state index in [1.54, 1.807) is 0 Å². The van der Waals surface area contributed by atoms with E-state index >= 15 is 0 Å². The van der Waals surface area contributed by atoms with Crippen LogP contribution in [0.15, 0.2) is 0 Å². The first kappa shape index (κ1) is 12.3. The summed E-state index contributed by atoms with van der Waals surface area (Å²) in [6.45, 7) is 11.8. The number of ether oxygens (including phenoxy) is 1. The van der Waals surface area contributed by atoms with Crippen LogP contribution in [0.4, 0.5) is 4.79 Å². The highest BCUT2D eigenvalue weighted by atomic mass is 16.6. The number of amides is 1. The smallest absolute Gasteiger partial charge is 0.410 e. The van der Waals surface area contributed by atoms with Crippen LogP contribution in [0.3, 0.4) is 0 Å². The van der Waals surface area contributed by atoms with Gasteiger partial charge in [0.15, 0.2) is 0 Å². The number of carbonyl (C=O) groups excluding carboxylic acids is 1. The van der Waals surface area contributed by atoms with E-state index in [1.807, 2.05) is 25.7 Å². The summed E-state index contributed by atoms with van der Waals surface area (Å²) in [5.41, 5.74) is -0.0980. The molecule has 88 valence electrons. The first-order valence-corrected chi connectivity index (χ1v) is 5.74. The zero-order valence-electron chi connectivity index (χ0n) is 10.6. The van der Waals surface area contributed by atoms with Crippen molar-refractivity contribution in [2.45, 2.75) is 53.1 Å². The summed E-state index contributed by atoms with van der Waals surface area (Å²) in [5.74, 6) is 0. The monoisotopic (exact) mass is 213 g/mol. The molecule has 0 aromatic carbocycles. The number of rotatable bonds is 1. The number of likely N-dealkylation sites (tertiary alicyclic amines) is 1. The molecular formula is C12H23NO2. The Bertz CT molecular complexity index is 244. The predicted octanol–water partition coefficient (Wildman–Crippen LogP) is 3.04. The minimum Gasteiger partial charge on any atom is -0.444 e. The van der Waals surface area contributed by atoms with Crippen molar-refractivity contribution in [3.05, 3.63) is 0 Å². The molecule has 0 aromatic heterocycles.